The lowest BCUT2D eigenvalue weighted by Crippen LogP contribution is -2.43. The predicted octanol–water partition coefficient (Wildman–Crippen LogP) is 4.21. The number of anilines is 1. The summed E-state index contributed by atoms with van der Waals surface area (Å²) in [5.41, 5.74) is 4.72. The maximum absolute atomic E-state index is 13.7. The van der Waals surface area contributed by atoms with E-state index in [1.165, 1.54) is 0 Å². The first-order chi connectivity index (χ1) is 15.0. The molecule has 7 heteroatoms. The lowest BCUT2D eigenvalue weighted by Gasteiger charge is -2.29. The van der Waals surface area contributed by atoms with Crippen LogP contribution in [-0.2, 0) is 4.74 Å². The van der Waals surface area contributed by atoms with E-state index in [0.29, 0.717) is 11.7 Å². The van der Waals surface area contributed by atoms with Crippen LogP contribution in [0.4, 0.5) is 5.13 Å². The minimum Gasteiger partial charge on any atom is -0.494 e. The normalized spacial score (nSPS) is 14.7. The summed E-state index contributed by atoms with van der Waals surface area (Å²) in [7, 11) is 1.65. The number of carbonyl (C=O) groups excluding carboxylic acids is 1. The standard InChI is InChI=1S/C24H29N3O3S/c1-16-5-6-17(2)19(15-16)23(28)27(10-9-26-11-13-30-14-12-26)24-25-21-20(29-4)8-7-18(3)22(21)31-24/h5-8,15H,9-14H2,1-4H3. The fourth-order valence-electron chi connectivity index (χ4n) is 3.84. The summed E-state index contributed by atoms with van der Waals surface area (Å²) in [5.74, 6) is 0.723. The second-order valence-electron chi connectivity index (χ2n) is 7.99. The van der Waals surface area contributed by atoms with Gasteiger partial charge in [0, 0.05) is 31.7 Å². The maximum atomic E-state index is 13.7. The number of carbonyl (C=O) groups is 1. The zero-order chi connectivity index (χ0) is 22.0. The van der Waals surface area contributed by atoms with Crippen molar-refractivity contribution in [1.29, 1.82) is 0 Å². The van der Waals surface area contributed by atoms with Crippen LogP contribution in [0.1, 0.15) is 27.0 Å². The van der Waals surface area contributed by atoms with Crippen molar-refractivity contribution in [2.75, 3.05) is 51.4 Å². The molecule has 0 N–H and O–H groups in total. The first kappa shape index (κ1) is 21.7. The second kappa shape index (κ2) is 9.34. The molecule has 4 rings (SSSR count). The maximum Gasteiger partial charge on any atom is 0.260 e. The molecule has 1 aliphatic rings. The quantitative estimate of drug-likeness (QED) is 0.576. The smallest absolute Gasteiger partial charge is 0.260 e. The third kappa shape index (κ3) is 4.59. The molecule has 164 valence electrons. The van der Waals surface area contributed by atoms with Crippen molar-refractivity contribution in [3.63, 3.8) is 0 Å². The van der Waals surface area contributed by atoms with Gasteiger partial charge in [0.15, 0.2) is 5.13 Å². The van der Waals surface area contributed by atoms with Crippen molar-refractivity contribution in [3.05, 3.63) is 52.6 Å². The molecular weight excluding hydrogens is 410 g/mol. The molecule has 6 nitrogen and oxygen atoms in total. The van der Waals surface area contributed by atoms with E-state index in [-0.39, 0.29) is 5.91 Å². The summed E-state index contributed by atoms with van der Waals surface area (Å²) in [6, 6.07) is 9.99. The topological polar surface area (TPSA) is 54.9 Å². The van der Waals surface area contributed by atoms with Crippen LogP contribution in [0.2, 0.25) is 0 Å². The van der Waals surface area contributed by atoms with Crippen molar-refractivity contribution in [3.8, 4) is 5.75 Å². The lowest BCUT2D eigenvalue weighted by molar-refractivity contribution is 0.0391. The number of hydrogen-bond acceptors (Lipinski definition) is 6. The average Bonchev–Trinajstić information content (AvgIpc) is 3.22. The van der Waals surface area contributed by atoms with Gasteiger partial charge in [-0.1, -0.05) is 35.1 Å². The fraction of sp³-hybridized carbons (Fsp3) is 0.417. The number of ether oxygens (including phenoxy) is 2. The molecule has 0 unspecified atom stereocenters. The Morgan fingerprint density at radius 2 is 1.90 bits per heavy atom. The molecule has 0 radical (unpaired) electrons. The fourth-order valence-corrected chi connectivity index (χ4v) is 4.92. The number of thiazole rings is 1. The molecule has 0 aliphatic carbocycles. The van der Waals surface area contributed by atoms with E-state index in [1.54, 1.807) is 18.4 Å². The first-order valence-corrected chi connectivity index (χ1v) is 11.4. The van der Waals surface area contributed by atoms with E-state index >= 15 is 0 Å². The van der Waals surface area contributed by atoms with Crippen LogP contribution >= 0.6 is 11.3 Å². The molecule has 0 atom stereocenters. The van der Waals surface area contributed by atoms with Crippen molar-refractivity contribution in [2.45, 2.75) is 20.8 Å². The number of nitrogens with zero attached hydrogens (tertiary/aromatic N) is 3. The summed E-state index contributed by atoms with van der Waals surface area (Å²) in [6.07, 6.45) is 0. The minimum absolute atomic E-state index is 0.00913. The zero-order valence-electron chi connectivity index (χ0n) is 18.6. The monoisotopic (exact) mass is 439 g/mol. The van der Waals surface area contributed by atoms with Gasteiger partial charge < -0.3 is 9.47 Å². The Balaban J connectivity index is 1.72. The molecular formula is C24H29N3O3S. The highest BCUT2D eigenvalue weighted by Gasteiger charge is 2.25. The van der Waals surface area contributed by atoms with Gasteiger partial charge in [-0.3, -0.25) is 14.6 Å². The second-order valence-corrected chi connectivity index (χ2v) is 8.97. The Bertz CT molecular complexity index is 1090. The molecule has 1 fully saturated rings. The van der Waals surface area contributed by atoms with Crippen LogP contribution < -0.4 is 9.64 Å². The largest absolute Gasteiger partial charge is 0.494 e. The van der Waals surface area contributed by atoms with E-state index < -0.39 is 0 Å². The number of methoxy groups -OCH3 is 1. The number of morpholine rings is 1. The van der Waals surface area contributed by atoms with E-state index in [9.17, 15) is 4.79 Å². The highest BCUT2D eigenvalue weighted by atomic mass is 32.1. The van der Waals surface area contributed by atoms with Crippen LogP contribution in [0.25, 0.3) is 10.2 Å². The van der Waals surface area contributed by atoms with Gasteiger partial charge in [0.1, 0.15) is 11.3 Å². The van der Waals surface area contributed by atoms with E-state index in [2.05, 4.69) is 11.8 Å². The first-order valence-electron chi connectivity index (χ1n) is 10.6. The molecule has 1 saturated heterocycles. The van der Waals surface area contributed by atoms with E-state index in [4.69, 9.17) is 14.5 Å². The summed E-state index contributed by atoms with van der Waals surface area (Å²) < 4.78 is 12.1. The number of amides is 1. The van der Waals surface area contributed by atoms with Crippen LogP contribution in [0.3, 0.4) is 0 Å². The molecule has 1 aliphatic heterocycles. The molecule has 0 saturated carbocycles. The van der Waals surface area contributed by atoms with E-state index in [1.807, 2.05) is 49.1 Å². The van der Waals surface area contributed by atoms with Crippen LogP contribution in [0, 0.1) is 20.8 Å². The third-order valence-electron chi connectivity index (χ3n) is 5.76. The summed E-state index contributed by atoms with van der Waals surface area (Å²) >= 11 is 1.55. The molecule has 3 aromatic rings. The van der Waals surface area contributed by atoms with Crippen LogP contribution in [0.15, 0.2) is 30.3 Å². The highest BCUT2D eigenvalue weighted by molar-refractivity contribution is 7.22. The molecule has 2 heterocycles. The van der Waals surface area contributed by atoms with Gasteiger partial charge in [-0.05, 0) is 44.0 Å². The SMILES string of the molecule is COc1ccc(C)c2sc(N(CCN3CCOCC3)C(=O)c3cc(C)ccc3C)nc12. The van der Waals surface area contributed by atoms with Crippen molar-refractivity contribution >= 4 is 32.6 Å². The lowest BCUT2D eigenvalue weighted by atomic mass is 10.0. The predicted molar refractivity (Wildman–Crippen MR) is 126 cm³/mol. The van der Waals surface area contributed by atoms with Gasteiger partial charge in [-0.2, -0.15) is 0 Å². The molecule has 0 spiro atoms. The number of aryl methyl sites for hydroxylation is 3. The van der Waals surface area contributed by atoms with Crippen LogP contribution in [-0.4, -0.2) is 62.3 Å². The summed E-state index contributed by atoms with van der Waals surface area (Å²) in [4.78, 5) is 22.8. The molecule has 1 amide bonds. The molecule has 1 aromatic heterocycles. The molecule has 2 aromatic carbocycles. The van der Waals surface area contributed by atoms with Crippen molar-refractivity contribution < 1.29 is 14.3 Å². The van der Waals surface area contributed by atoms with Gasteiger partial charge in [-0.15, -0.1) is 0 Å². The Morgan fingerprint density at radius 3 is 2.65 bits per heavy atom. The number of benzene rings is 2. The van der Waals surface area contributed by atoms with Gasteiger partial charge in [-0.25, -0.2) is 4.98 Å². The minimum atomic E-state index is -0.00913. The number of hydrogen-bond donors (Lipinski definition) is 0. The summed E-state index contributed by atoms with van der Waals surface area (Å²) in [5, 5.41) is 0.710. The Morgan fingerprint density at radius 1 is 1.16 bits per heavy atom. The number of rotatable bonds is 6. The van der Waals surface area contributed by atoms with Gasteiger partial charge in [0.25, 0.3) is 5.91 Å². The third-order valence-corrected chi connectivity index (χ3v) is 6.97. The number of aromatic nitrogens is 1. The van der Waals surface area contributed by atoms with Crippen LogP contribution in [0.5, 0.6) is 5.75 Å². The summed E-state index contributed by atoms with van der Waals surface area (Å²) in [6.45, 7) is 10.7. The molecule has 31 heavy (non-hydrogen) atoms. The van der Waals surface area contributed by atoms with Gasteiger partial charge >= 0.3 is 0 Å². The Hall–Kier alpha value is -2.48. The zero-order valence-corrected chi connectivity index (χ0v) is 19.4. The highest BCUT2D eigenvalue weighted by Crippen LogP contribution is 2.37. The van der Waals surface area contributed by atoms with Gasteiger partial charge in [0.2, 0.25) is 0 Å². The number of fused-ring (bicyclic) bond motifs is 1. The van der Waals surface area contributed by atoms with E-state index in [0.717, 1.165) is 71.1 Å². The van der Waals surface area contributed by atoms with Crippen molar-refractivity contribution in [2.24, 2.45) is 0 Å². The Labute approximate surface area is 187 Å². The Kier molecular flexibility index (Phi) is 6.55. The average molecular weight is 440 g/mol. The van der Waals surface area contributed by atoms with Gasteiger partial charge in [0.05, 0.1) is 25.0 Å². The molecule has 0 bridgehead atoms. The van der Waals surface area contributed by atoms with Crippen molar-refractivity contribution in [1.82, 2.24) is 9.88 Å².